The summed E-state index contributed by atoms with van der Waals surface area (Å²) in [4.78, 5) is 0. The van der Waals surface area contributed by atoms with Gasteiger partial charge in [-0.25, -0.2) is 0 Å². The third-order valence-corrected chi connectivity index (χ3v) is 5.78. The van der Waals surface area contributed by atoms with Gasteiger partial charge < -0.3 is 0 Å². The molecule has 1 saturated heterocycles. The van der Waals surface area contributed by atoms with Gasteiger partial charge in [-0.05, 0) is 37.1 Å². The minimum atomic E-state index is -0.629. The van der Waals surface area contributed by atoms with E-state index < -0.39 is 8.22 Å². The summed E-state index contributed by atoms with van der Waals surface area (Å²) in [7, 11) is -0.629. The van der Waals surface area contributed by atoms with Crippen molar-refractivity contribution >= 4 is 29.6 Å². The third-order valence-electron chi connectivity index (χ3n) is 3.15. The van der Waals surface area contributed by atoms with E-state index in [0.717, 1.165) is 4.47 Å². The molecule has 0 aliphatic carbocycles. The van der Waals surface area contributed by atoms with Gasteiger partial charge in [-0.1, -0.05) is 27.1 Å². The second kappa shape index (κ2) is 25.1. The molecule has 7 nitrogen and oxygen atoms in total. The van der Waals surface area contributed by atoms with E-state index in [-0.39, 0.29) is 21.1 Å². The van der Waals surface area contributed by atoms with Crippen molar-refractivity contribution < 1.29 is 44.3 Å². The molecule has 0 radical (unpaired) electrons. The number of benzene rings is 1. The van der Waals surface area contributed by atoms with Gasteiger partial charge in [-0.15, -0.1) is 0 Å². The van der Waals surface area contributed by atoms with Crippen LogP contribution in [0.4, 0.5) is 0 Å². The number of hydrogen-bond acceptors (Lipinski definition) is 2. The van der Waals surface area contributed by atoms with E-state index >= 15 is 0 Å². The standard InChI is InChI=1S/C12H14BrN2P.5CO.W/c13-11-6-4-10(5-7-11)12-14-16(12)15-8-2-1-3-9-15;5*1-2;/h4-7H,1-3,8-9H2;;;;;;/p+1. The molecule has 0 amide bonds. The molecule has 1 atom stereocenters. The molecule has 0 bridgehead atoms. The van der Waals surface area contributed by atoms with Crippen molar-refractivity contribution in [3.63, 3.8) is 0 Å². The van der Waals surface area contributed by atoms with Gasteiger partial charge in [0.15, 0.2) is 0 Å². The Kier molecular flexibility index (Phi) is 31.4. The molecule has 27 heavy (non-hydrogen) atoms. The quantitative estimate of drug-likeness (QED) is 0.281. The molecule has 140 valence electrons. The van der Waals surface area contributed by atoms with Crippen LogP contribution in [-0.4, -0.2) is 23.2 Å². The van der Waals surface area contributed by atoms with Gasteiger partial charge >= 0.3 is 56.5 Å². The summed E-state index contributed by atoms with van der Waals surface area (Å²) in [6.07, 6.45) is 4.12. The first-order valence-corrected chi connectivity index (χ1v) is 9.02. The number of piperidine rings is 1. The largest absolute Gasteiger partial charge is 0 e. The first-order valence-electron chi connectivity index (χ1n) is 6.83. The summed E-state index contributed by atoms with van der Waals surface area (Å²) in [6.45, 7) is 25.0. The van der Waals surface area contributed by atoms with E-state index in [1.165, 1.54) is 43.4 Å². The summed E-state index contributed by atoms with van der Waals surface area (Å²) in [5.74, 6) is 0. The minimum absolute atomic E-state index is 0. The van der Waals surface area contributed by atoms with Gasteiger partial charge in [0, 0.05) is 44.2 Å². The molecule has 1 aromatic rings. The summed E-state index contributed by atoms with van der Waals surface area (Å²) >= 11 is 3.46. The molecular formula is C17H15BrN2O5PW+. The van der Waals surface area contributed by atoms with E-state index in [0.29, 0.717) is 0 Å². The number of hydrogen-bond donors (Lipinski definition) is 0. The van der Waals surface area contributed by atoms with Crippen molar-refractivity contribution in [1.82, 2.24) is 4.67 Å². The fourth-order valence-corrected chi connectivity index (χ4v) is 4.51. The van der Waals surface area contributed by atoms with Crippen LogP contribution in [0.1, 0.15) is 24.8 Å². The molecule has 10 heteroatoms. The van der Waals surface area contributed by atoms with Gasteiger partial charge in [-0.3, -0.25) is 0 Å². The van der Waals surface area contributed by atoms with Gasteiger partial charge in [-0.2, -0.15) is 4.67 Å². The monoisotopic (exact) mass is 621 g/mol. The molecule has 1 fully saturated rings. The Morgan fingerprint density at radius 2 is 1.19 bits per heavy atom. The first kappa shape index (κ1) is 33.7. The summed E-state index contributed by atoms with van der Waals surface area (Å²) in [5, 5.41) is 0. The Morgan fingerprint density at radius 1 is 0.778 bits per heavy atom. The average Bonchev–Trinajstić information content (AvgIpc) is 3.57. The van der Waals surface area contributed by atoms with Gasteiger partial charge in [0.25, 0.3) is 13.7 Å². The summed E-state index contributed by atoms with van der Waals surface area (Å²) in [6, 6.07) is 8.55. The zero-order valence-corrected chi connectivity index (χ0v) is 19.6. The second-order valence-electron chi connectivity index (χ2n) is 4.34. The Bertz CT molecular complexity index is 588. The van der Waals surface area contributed by atoms with Gasteiger partial charge in [0.2, 0.25) is 0 Å². The maximum Gasteiger partial charge on any atom is 0 e. The van der Waals surface area contributed by atoms with E-state index in [2.05, 4.69) is 78.1 Å². The average molecular weight is 622 g/mol. The van der Waals surface area contributed by atoms with E-state index in [1.807, 2.05) is 0 Å². The van der Waals surface area contributed by atoms with Gasteiger partial charge in [0.05, 0.1) is 0 Å². The number of halogens is 1. The third kappa shape index (κ3) is 13.9. The first-order chi connectivity index (χ1) is 12.8. The van der Waals surface area contributed by atoms with Crippen LogP contribution >= 0.6 is 24.2 Å². The maximum atomic E-state index is 7.50. The Morgan fingerprint density at radius 3 is 1.59 bits per heavy atom. The topological polar surface area (TPSA) is 115 Å². The molecule has 0 spiro atoms. The van der Waals surface area contributed by atoms with Crippen LogP contribution in [0.25, 0.3) is 0 Å². The van der Waals surface area contributed by atoms with Crippen LogP contribution in [0, 0.1) is 33.3 Å². The maximum absolute atomic E-state index is 7.50. The van der Waals surface area contributed by atoms with Crippen molar-refractivity contribution in [2.45, 2.75) is 19.3 Å². The van der Waals surface area contributed by atoms with Gasteiger partial charge in [0.1, 0.15) is 0 Å². The number of nitrogens with zero attached hydrogens (tertiary/aromatic N) is 2. The molecule has 2 aliphatic rings. The molecule has 3 rings (SSSR count). The molecule has 0 saturated carbocycles. The SMILES string of the molecule is Brc1ccc(C2=N[PH+]2N2CCCCC2)cc1.[C-]#[O+].[C-]#[O+].[C-]#[O+].[C-]#[O+].[C-]#[O+].[W]. The van der Waals surface area contributed by atoms with Crippen LogP contribution in [0.5, 0.6) is 0 Å². The second-order valence-corrected chi connectivity index (χ2v) is 7.23. The van der Waals surface area contributed by atoms with Crippen LogP contribution in [0.3, 0.4) is 0 Å². The molecule has 0 N–H and O–H groups in total. The van der Waals surface area contributed by atoms with Crippen molar-refractivity contribution in [2.75, 3.05) is 13.1 Å². The van der Waals surface area contributed by atoms with E-state index in [4.69, 9.17) is 28.0 Å². The van der Waals surface area contributed by atoms with Crippen LogP contribution in [0.2, 0.25) is 0 Å². The smallest absolute Gasteiger partial charge is 0 e. The molecule has 1 aromatic carbocycles. The molecule has 0 aromatic heterocycles. The zero-order valence-electron chi connectivity index (χ0n) is 14.1. The predicted octanol–water partition coefficient (Wildman–Crippen LogP) is 3.55. The van der Waals surface area contributed by atoms with E-state index in [1.54, 1.807) is 0 Å². The Labute approximate surface area is 182 Å². The van der Waals surface area contributed by atoms with Crippen LogP contribution in [0.15, 0.2) is 33.5 Å². The Hall–Kier alpha value is -0.852. The predicted molar refractivity (Wildman–Crippen MR) is 94.1 cm³/mol. The molecule has 1 unspecified atom stereocenters. The molecule has 2 heterocycles. The van der Waals surface area contributed by atoms with E-state index in [9.17, 15) is 0 Å². The number of rotatable bonds is 2. The van der Waals surface area contributed by atoms with Crippen LogP contribution < -0.4 is 0 Å². The summed E-state index contributed by atoms with van der Waals surface area (Å²) < 4.78 is 46.0. The van der Waals surface area contributed by atoms with Crippen LogP contribution in [-0.2, 0) is 44.3 Å². The molecular weight excluding hydrogens is 607 g/mol. The fraction of sp³-hybridized carbons (Fsp3) is 0.294. The fourth-order valence-electron chi connectivity index (χ4n) is 2.21. The summed E-state index contributed by atoms with van der Waals surface area (Å²) in [5.41, 5.74) is 2.70. The zero-order chi connectivity index (χ0) is 21.0. The van der Waals surface area contributed by atoms with Crippen molar-refractivity contribution in [2.24, 2.45) is 4.76 Å². The van der Waals surface area contributed by atoms with Crippen molar-refractivity contribution in [1.29, 1.82) is 0 Å². The van der Waals surface area contributed by atoms with Crippen molar-refractivity contribution in [3.05, 3.63) is 67.6 Å². The minimum Gasteiger partial charge on any atom is 0 e. The Balaban J connectivity index is -0.000000211. The normalized spacial score (nSPS) is 15.4. The van der Waals surface area contributed by atoms with Crippen molar-refractivity contribution in [3.8, 4) is 0 Å². The molecule has 2 aliphatic heterocycles.